The Kier molecular flexibility index (Phi) is 4.84. The van der Waals surface area contributed by atoms with Crippen LogP contribution < -0.4 is 10.6 Å². The van der Waals surface area contributed by atoms with Crippen molar-refractivity contribution in [2.75, 3.05) is 6.54 Å². The molecular weight excluding hydrogens is 188 g/mol. The molecule has 1 unspecified atom stereocenters. The van der Waals surface area contributed by atoms with Crippen molar-refractivity contribution < 1.29 is 4.79 Å². The normalized spacial score (nSPS) is 12.1. The maximum absolute atomic E-state index is 11.5. The molecule has 0 saturated carbocycles. The van der Waals surface area contributed by atoms with Crippen LogP contribution in [0.25, 0.3) is 0 Å². The average molecular weight is 206 g/mol. The summed E-state index contributed by atoms with van der Waals surface area (Å²) < 4.78 is 0. The Labute approximate surface area is 90.9 Å². The number of amides is 1. The minimum Gasteiger partial charge on any atom is -0.351 e. The molecule has 2 N–H and O–H groups in total. The molecule has 1 aromatic rings. The molecule has 0 bridgehead atoms. The van der Waals surface area contributed by atoms with Crippen LogP contribution in [0.15, 0.2) is 30.3 Å². The zero-order chi connectivity index (χ0) is 11.1. The molecule has 0 fully saturated rings. The number of hydrogen-bond donors (Lipinski definition) is 2. The molecule has 3 heteroatoms. The highest BCUT2D eigenvalue weighted by Crippen LogP contribution is 1.97. The summed E-state index contributed by atoms with van der Waals surface area (Å²) in [7, 11) is 0. The van der Waals surface area contributed by atoms with Gasteiger partial charge in [0.15, 0.2) is 0 Å². The second kappa shape index (κ2) is 6.19. The molecular formula is C12H18N2O. The number of rotatable bonds is 5. The molecule has 1 aromatic carbocycles. The van der Waals surface area contributed by atoms with Crippen molar-refractivity contribution in [3.05, 3.63) is 35.9 Å². The lowest BCUT2D eigenvalue weighted by Crippen LogP contribution is -2.41. The van der Waals surface area contributed by atoms with Gasteiger partial charge in [-0.2, -0.15) is 0 Å². The zero-order valence-electron chi connectivity index (χ0n) is 9.29. The summed E-state index contributed by atoms with van der Waals surface area (Å²) in [4.78, 5) is 11.5. The van der Waals surface area contributed by atoms with Gasteiger partial charge in [-0.25, -0.2) is 0 Å². The first-order chi connectivity index (χ1) is 7.24. The van der Waals surface area contributed by atoms with E-state index < -0.39 is 0 Å². The Balaban J connectivity index is 2.34. The Morgan fingerprint density at radius 1 is 1.33 bits per heavy atom. The summed E-state index contributed by atoms with van der Waals surface area (Å²) in [5.41, 5.74) is 1.12. The topological polar surface area (TPSA) is 41.1 Å². The van der Waals surface area contributed by atoms with Crippen LogP contribution in [0.1, 0.15) is 19.4 Å². The molecule has 0 aliphatic rings. The Morgan fingerprint density at radius 3 is 2.60 bits per heavy atom. The van der Waals surface area contributed by atoms with Crippen molar-refractivity contribution in [2.24, 2.45) is 0 Å². The van der Waals surface area contributed by atoms with E-state index in [0.29, 0.717) is 6.54 Å². The highest BCUT2D eigenvalue weighted by Gasteiger charge is 2.09. The highest BCUT2D eigenvalue weighted by atomic mass is 16.2. The summed E-state index contributed by atoms with van der Waals surface area (Å²) in [6.45, 7) is 5.25. The fourth-order valence-corrected chi connectivity index (χ4v) is 1.34. The minimum atomic E-state index is -0.126. The van der Waals surface area contributed by atoms with Crippen LogP contribution in [0.3, 0.4) is 0 Å². The molecule has 0 aromatic heterocycles. The van der Waals surface area contributed by atoms with Gasteiger partial charge >= 0.3 is 0 Å². The van der Waals surface area contributed by atoms with Crippen molar-refractivity contribution >= 4 is 5.91 Å². The molecule has 1 amide bonds. The number of hydrogen-bond acceptors (Lipinski definition) is 2. The fourth-order valence-electron chi connectivity index (χ4n) is 1.34. The van der Waals surface area contributed by atoms with E-state index >= 15 is 0 Å². The van der Waals surface area contributed by atoms with Crippen LogP contribution in [0.4, 0.5) is 0 Å². The van der Waals surface area contributed by atoms with E-state index in [4.69, 9.17) is 0 Å². The summed E-state index contributed by atoms with van der Waals surface area (Å²) in [5, 5.41) is 5.95. The van der Waals surface area contributed by atoms with Gasteiger partial charge in [0.05, 0.1) is 6.04 Å². The highest BCUT2D eigenvalue weighted by molar-refractivity contribution is 5.81. The van der Waals surface area contributed by atoms with Crippen molar-refractivity contribution in [1.29, 1.82) is 0 Å². The van der Waals surface area contributed by atoms with Crippen molar-refractivity contribution in [2.45, 2.75) is 26.4 Å². The van der Waals surface area contributed by atoms with Gasteiger partial charge in [-0.05, 0) is 19.0 Å². The lowest BCUT2D eigenvalue weighted by atomic mass is 10.2. The molecule has 82 valence electrons. The van der Waals surface area contributed by atoms with Crippen LogP contribution in [0.2, 0.25) is 0 Å². The second-order valence-electron chi connectivity index (χ2n) is 3.48. The predicted octanol–water partition coefficient (Wildman–Crippen LogP) is 1.30. The number of benzene rings is 1. The van der Waals surface area contributed by atoms with E-state index in [-0.39, 0.29) is 11.9 Å². The maximum Gasteiger partial charge on any atom is 0.237 e. The van der Waals surface area contributed by atoms with Gasteiger partial charge in [0.25, 0.3) is 0 Å². The zero-order valence-corrected chi connectivity index (χ0v) is 9.29. The van der Waals surface area contributed by atoms with E-state index in [9.17, 15) is 4.79 Å². The quantitative estimate of drug-likeness (QED) is 0.762. The second-order valence-corrected chi connectivity index (χ2v) is 3.48. The SMILES string of the molecule is CCNC(C)C(=O)NCc1ccccc1. The van der Waals surface area contributed by atoms with Crippen LogP contribution in [-0.4, -0.2) is 18.5 Å². The molecule has 0 aliphatic carbocycles. The molecule has 15 heavy (non-hydrogen) atoms. The third kappa shape index (κ3) is 4.13. The first-order valence-corrected chi connectivity index (χ1v) is 5.29. The average Bonchev–Trinajstić information content (AvgIpc) is 2.27. The van der Waals surface area contributed by atoms with E-state index in [1.165, 1.54) is 0 Å². The number of carbonyl (C=O) groups is 1. The molecule has 1 rings (SSSR count). The van der Waals surface area contributed by atoms with E-state index in [0.717, 1.165) is 12.1 Å². The smallest absolute Gasteiger partial charge is 0.237 e. The van der Waals surface area contributed by atoms with Crippen LogP contribution in [-0.2, 0) is 11.3 Å². The first-order valence-electron chi connectivity index (χ1n) is 5.29. The van der Waals surface area contributed by atoms with Crippen LogP contribution in [0.5, 0.6) is 0 Å². The molecule has 0 saturated heterocycles. The number of likely N-dealkylation sites (N-methyl/N-ethyl adjacent to an activating group) is 1. The van der Waals surface area contributed by atoms with Gasteiger partial charge < -0.3 is 10.6 Å². The van der Waals surface area contributed by atoms with Gasteiger partial charge in [0.1, 0.15) is 0 Å². The van der Waals surface area contributed by atoms with Gasteiger partial charge in [-0.3, -0.25) is 4.79 Å². The summed E-state index contributed by atoms with van der Waals surface area (Å²) >= 11 is 0. The fraction of sp³-hybridized carbons (Fsp3) is 0.417. The Bertz CT molecular complexity index is 298. The van der Waals surface area contributed by atoms with Crippen molar-refractivity contribution in [3.8, 4) is 0 Å². The van der Waals surface area contributed by atoms with Gasteiger partial charge in [-0.15, -0.1) is 0 Å². The summed E-state index contributed by atoms with van der Waals surface area (Å²) in [6.07, 6.45) is 0. The van der Waals surface area contributed by atoms with E-state index in [2.05, 4.69) is 10.6 Å². The van der Waals surface area contributed by atoms with Gasteiger partial charge in [0.2, 0.25) is 5.91 Å². The number of nitrogens with one attached hydrogen (secondary N) is 2. The Hall–Kier alpha value is -1.35. The number of carbonyl (C=O) groups excluding carboxylic acids is 1. The van der Waals surface area contributed by atoms with Crippen molar-refractivity contribution in [1.82, 2.24) is 10.6 Å². The van der Waals surface area contributed by atoms with Gasteiger partial charge in [-0.1, -0.05) is 37.3 Å². The molecule has 0 aliphatic heterocycles. The lowest BCUT2D eigenvalue weighted by Gasteiger charge is -2.12. The Morgan fingerprint density at radius 2 is 2.00 bits per heavy atom. The largest absolute Gasteiger partial charge is 0.351 e. The molecule has 1 atom stereocenters. The predicted molar refractivity (Wildman–Crippen MR) is 61.4 cm³/mol. The molecule has 0 heterocycles. The van der Waals surface area contributed by atoms with Crippen molar-refractivity contribution in [3.63, 3.8) is 0 Å². The molecule has 3 nitrogen and oxygen atoms in total. The third-order valence-corrected chi connectivity index (χ3v) is 2.21. The monoisotopic (exact) mass is 206 g/mol. The standard InChI is InChI=1S/C12H18N2O/c1-3-13-10(2)12(15)14-9-11-7-5-4-6-8-11/h4-8,10,13H,3,9H2,1-2H3,(H,14,15). The first kappa shape index (κ1) is 11.7. The van der Waals surface area contributed by atoms with E-state index in [1.807, 2.05) is 44.2 Å². The molecule has 0 spiro atoms. The van der Waals surface area contributed by atoms with E-state index in [1.54, 1.807) is 0 Å². The summed E-state index contributed by atoms with van der Waals surface area (Å²) in [6, 6.07) is 9.77. The summed E-state index contributed by atoms with van der Waals surface area (Å²) in [5.74, 6) is 0.0423. The third-order valence-electron chi connectivity index (χ3n) is 2.21. The van der Waals surface area contributed by atoms with Crippen LogP contribution in [0, 0.1) is 0 Å². The maximum atomic E-state index is 11.5. The van der Waals surface area contributed by atoms with Gasteiger partial charge in [0, 0.05) is 6.54 Å². The van der Waals surface area contributed by atoms with Crippen LogP contribution >= 0.6 is 0 Å². The lowest BCUT2D eigenvalue weighted by molar-refractivity contribution is -0.122. The molecule has 0 radical (unpaired) electrons. The minimum absolute atomic E-state index is 0.0423.